The van der Waals surface area contributed by atoms with Gasteiger partial charge in [0.15, 0.2) is 16.6 Å². The number of aromatic nitrogens is 2. The van der Waals surface area contributed by atoms with E-state index in [2.05, 4.69) is 9.36 Å². The Hall–Kier alpha value is -1.55. The highest BCUT2D eigenvalue weighted by molar-refractivity contribution is 7.07. The average Bonchev–Trinajstić information content (AvgIpc) is 2.68. The van der Waals surface area contributed by atoms with Crippen molar-refractivity contribution in [2.24, 2.45) is 0 Å². The molecule has 2 rings (SSSR count). The number of rotatable bonds is 2. The van der Waals surface area contributed by atoms with Crippen molar-refractivity contribution >= 4 is 17.3 Å². The van der Waals surface area contributed by atoms with Crippen molar-refractivity contribution in [2.75, 3.05) is 0 Å². The zero-order valence-corrected chi connectivity index (χ0v) is 8.41. The first-order valence-corrected chi connectivity index (χ1v) is 4.95. The molecule has 3 nitrogen and oxygen atoms in total. The van der Waals surface area contributed by atoms with Gasteiger partial charge in [0, 0.05) is 12.5 Å². The van der Waals surface area contributed by atoms with Crippen LogP contribution in [0.3, 0.4) is 0 Å². The van der Waals surface area contributed by atoms with E-state index in [1.165, 1.54) is 6.92 Å². The Morgan fingerprint density at radius 3 is 2.57 bits per heavy atom. The summed E-state index contributed by atoms with van der Waals surface area (Å²) in [7, 11) is 0. The molecule has 14 heavy (non-hydrogen) atoms. The largest absolute Gasteiger partial charge is 0.292 e. The van der Waals surface area contributed by atoms with Crippen LogP contribution in [0.15, 0.2) is 30.3 Å². The van der Waals surface area contributed by atoms with Gasteiger partial charge in [0.05, 0.1) is 0 Å². The molecule has 0 N–H and O–H groups in total. The van der Waals surface area contributed by atoms with Gasteiger partial charge in [-0.1, -0.05) is 30.3 Å². The Labute approximate surface area is 85.6 Å². The first-order chi connectivity index (χ1) is 6.77. The maximum atomic E-state index is 11.0. The van der Waals surface area contributed by atoms with Crippen LogP contribution in [0.5, 0.6) is 0 Å². The molecule has 0 spiro atoms. The summed E-state index contributed by atoms with van der Waals surface area (Å²) in [5.41, 5.74) is 0.941. The van der Waals surface area contributed by atoms with E-state index < -0.39 is 0 Å². The monoisotopic (exact) mass is 204 g/mol. The van der Waals surface area contributed by atoms with Crippen LogP contribution >= 0.6 is 11.5 Å². The molecule has 0 aliphatic rings. The fraction of sp³-hybridized carbons (Fsp3) is 0.100. The quantitative estimate of drug-likeness (QED) is 0.705. The number of nitrogens with zero attached hydrogens (tertiary/aromatic N) is 2. The maximum absolute atomic E-state index is 11.0. The number of Topliss-reactive ketones (excluding diaryl/α,β-unsaturated/α-hetero) is 1. The molecule has 0 fully saturated rings. The normalized spacial score (nSPS) is 10.1. The highest BCUT2D eigenvalue weighted by Crippen LogP contribution is 2.17. The molecule has 70 valence electrons. The molecule has 2 aromatic rings. The van der Waals surface area contributed by atoms with E-state index in [0.717, 1.165) is 17.1 Å². The highest BCUT2D eigenvalue weighted by Gasteiger charge is 2.08. The third-order valence-corrected chi connectivity index (χ3v) is 2.58. The molecule has 1 aromatic carbocycles. The van der Waals surface area contributed by atoms with E-state index in [9.17, 15) is 4.79 Å². The minimum absolute atomic E-state index is 0.0373. The van der Waals surface area contributed by atoms with Crippen molar-refractivity contribution in [3.05, 3.63) is 35.3 Å². The summed E-state index contributed by atoms with van der Waals surface area (Å²) < 4.78 is 4.12. The van der Waals surface area contributed by atoms with Gasteiger partial charge >= 0.3 is 0 Å². The topological polar surface area (TPSA) is 42.9 Å². The van der Waals surface area contributed by atoms with Gasteiger partial charge in [-0.3, -0.25) is 4.79 Å². The van der Waals surface area contributed by atoms with Crippen molar-refractivity contribution < 1.29 is 4.79 Å². The Balaban J connectivity index is 2.39. The molecule has 0 atom stereocenters. The number of ketones is 1. The van der Waals surface area contributed by atoms with E-state index in [1.807, 2.05) is 30.3 Å². The summed E-state index contributed by atoms with van der Waals surface area (Å²) in [5.74, 6) is 0.588. The molecular weight excluding hydrogens is 196 g/mol. The third kappa shape index (κ3) is 1.70. The van der Waals surface area contributed by atoms with E-state index in [0.29, 0.717) is 10.8 Å². The minimum Gasteiger partial charge on any atom is -0.292 e. The first-order valence-electron chi connectivity index (χ1n) is 4.17. The Bertz CT molecular complexity index is 450. The standard InChI is InChI=1S/C10H8N2OS/c1-7(13)10-11-9(12-14-10)8-5-3-2-4-6-8/h2-6H,1H3. The van der Waals surface area contributed by atoms with Gasteiger partial charge in [0.25, 0.3) is 0 Å². The van der Waals surface area contributed by atoms with Gasteiger partial charge in [-0.2, -0.15) is 4.37 Å². The Kier molecular flexibility index (Phi) is 2.37. The minimum atomic E-state index is -0.0373. The second-order valence-electron chi connectivity index (χ2n) is 2.85. The summed E-state index contributed by atoms with van der Waals surface area (Å²) in [6.45, 7) is 1.50. The van der Waals surface area contributed by atoms with E-state index in [-0.39, 0.29) is 5.78 Å². The average molecular weight is 204 g/mol. The van der Waals surface area contributed by atoms with Crippen LogP contribution in [0.25, 0.3) is 11.4 Å². The Morgan fingerprint density at radius 2 is 2.00 bits per heavy atom. The van der Waals surface area contributed by atoms with Crippen molar-refractivity contribution in [1.29, 1.82) is 0 Å². The third-order valence-electron chi connectivity index (χ3n) is 1.76. The smallest absolute Gasteiger partial charge is 0.189 e. The summed E-state index contributed by atoms with van der Waals surface area (Å²) in [6.07, 6.45) is 0. The molecular formula is C10H8N2OS. The fourth-order valence-corrected chi connectivity index (χ4v) is 1.65. The second kappa shape index (κ2) is 3.67. The van der Waals surface area contributed by atoms with Crippen LogP contribution in [0.2, 0.25) is 0 Å². The molecule has 0 saturated carbocycles. The van der Waals surface area contributed by atoms with Gasteiger partial charge in [0.2, 0.25) is 0 Å². The van der Waals surface area contributed by atoms with Crippen LogP contribution in [-0.4, -0.2) is 15.1 Å². The van der Waals surface area contributed by atoms with Gasteiger partial charge < -0.3 is 0 Å². The summed E-state index contributed by atoms with van der Waals surface area (Å²) >= 11 is 1.14. The van der Waals surface area contributed by atoms with Crippen LogP contribution in [-0.2, 0) is 0 Å². The van der Waals surface area contributed by atoms with Crippen LogP contribution in [0.4, 0.5) is 0 Å². The van der Waals surface area contributed by atoms with Crippen LogP contribution in [0, 0.1) is 0 Å². The molecule has 1 heterocycles. The molecule has 1 aromatic heterocycles. The maximum Gasteiger partial charge on any atom is 0.189 e. The van der Waals surface area contributed by atoms with Crippen LogP contribution in [0.1, 0.15) is 16.7 Å². The SMILES string of the molecule is CC(=O)c1nc(-c2ccccc2)ns1. The van der Waals surface area contributed by atoms with Crippen LogP contribution < -0.4 is 0 Å². The van der Waals surface area contributed by atoms with Crippen molar-refractivity contribution in [3.8, 4) is 11.4 Å². The van der Waals surface area contributed by atoms with E-state index in [1.54, 1.807) is 0 Å². The Morgan fingerprint density at radius 1 is 1.29 bits per heavy atom. The first kappa shape index (κ1) is 9.02. The molecule has 0 aliphatic heterocycles. The lowest BCUT2D eigenvalue weighted by atomic mass is 10.2. The molecule has 0 unspecified atom stereocenters. The van der Waals surface area contributed by atoms with Crippen molar-refractivity contribution in [2.45, 2.75) is 6.92 Å². The van der Waals surface area contributed by atoms with Crippen molar-refractivity contribution in [1.82, 2.24) is 9.36 Å². The number of hydrogen-bond donors (Lipinski definition) is 0. The lowest BCUT2D eigenvalue weighted by Gasteiger charge is -1.91. The molecule has 0 amide bonds. The summed E-state index contributed by atoms with van der Waals surface area (Å²) in [6, 6.07) is 9.62. The number of carbonyl (C=O) groups excluding carboxylic acids is 1. The van der Waals surface area contributed by atoms with Crippen molar-refractivity contribution in [3.63, 3.8) is 0 Å². The van der Waals surface area contributed by atoms with Gasteiger partial charge in [0.1, 0.15) is 0 Å². The van der Waals surface area contributed by atoms with Gasteiger partial charge in [-0.05, 0) is 11.5 Å². The molecule has 4 heteroatoms. The summed E-state index contributed by atoms with van der Waals surface area (Å²) in [4.78, 5) is 15.1. The highest BCUT2D eigenvalue weighted by atomic mass is 32.1. The molecule has 0 radical (unpaired) electrons. The molecule has 0 saturated heterocycles. The van der Waals surface area contributed by atoms with E-state index >= 15 is 0 Å². The lowest BCUT2D eigenvalue weighted by molar-refractivity contribution is 0.101. The van der Waals surface area contributed by atoms with Gasteiger partial charge in [-0.15, -0.1) is 0 Å². The van der Waals surface area contributed by atoms with Gasteiger partial charge in [-0.25, -0.2) is 4.98 Å². The number of benzene rings is 1. The molecule has 0 aliphatic carbocycles. The zero-order valence-electron chi connectivity index (χ0n) is 7.60. The second-order valence-corrected chi connectivity index (χ2v) is 3.60. The number of hydrogen-bond acceptors (Lipinski definition) is 4. The van der Waals surface area contributed by atoms with E-state index in [4.69, 9.17) is 0 Å². The predicted molar refractivity (Wildman–Crippen MR) is 55.3 cm³/mol. The lowest BCUT2D eigenvalue weighted by Crippen LogP contribution is -1.89. The predicted octanol–water partition coefficient (Wildman–Crippen LogP) is 2.41. The fourth-order valence-electron chi connectivity index (χ4n) is 1.07. The molecule has 0 bridgehead atoms. The summed E-state index contributed by atoms with van der Waals surface area (Å²) in [5, 5.41) is 0.462. The zero-order chi connectivity index (χ0) is 9.97. The number of carbonyl (C=O) groups is 1.